The third kappa shape index (κ3) is 5.95. The van der Waals surface area contributed by atoms with Gasteiger partial charge in [0.25, 0.3) is 0 Å². The Hall–Kier alpha value is -1.89. The molecular formula is C14H15BrFNO4. The molecule has 0 atom stereocenters. The van der Waals surface area contributed by atoms with Crippen LogP contribution in [0.4, 0.5) is 9.18 Å². The van der Waals surface area contributed by atoms with Crippen LogP contribution in [0, 0.1) is 5.82 Å². The van der Waals surface area contributed by atoms with Crippen LogP contribution >= 0.6 is 15.9 Å². The summed E-state index contributed by atoms with van der Waals surface area (Å²) in [6.45, 7) is 4.96. The molecule has 1 rings (SSSR count). The minimum atomic E-state index is -1.36. The minimum Gasteiger partial charge on any atom is -0.477 e. The number of carbonyl (C=O) groups excluding carboxylic acids is 1. The first kappa shape index (κ1) is 17.2. The number of ether oxygens (including phenoxy) is 1. The third-order valence-electron chi connectivity index (χ3n) is 2.12. The van der Waals surface area contributed by atoms with Crippen molar-refractivity contribution in [3.8, 4) is 0 Å². The molecule has 0 bridgehead atoms. The second kappa shape index (κ2) is 6.71. The molecule has 1 aromatic rings. The Kier molecular flexibility index (Phi) is 5.48. The van der Waals surface area contributed by atoms with Crippen molar-refractivity contribution in [1.82, 2.24) is 5.32 Å². The van der Waals surface area contributed by atoms with E-state index in [1.54, 1.807) is 20.8 Å². The van der Waals surface area contributed by atoms with Crippen molar-refractivity contribution in [2.45, 2.75) is 26.4 Å². The zero-order chi connectivity index (χ0) is 16.2. The van der Waals surface area contributed by atoms with E-state index in [4.69, 9.17) is 9.84 Å². The van der Waals surface area contributed by atoms with Gasteiger partial charge in [-0.05, 0) is 60.5 Å². The highest BCUT2D eigenvalue weighted by Crippen LogP contribution is 2.18. The molecular weight excluding hydrogens is 345 g/mol. The van der Waals surface area contributed by atoms with Gasteiger partial charge < -0.3 is 9.84 Å². The van der Waals surface area contributed by atoms with Crippen LogP contribution < -0.4 is 5.32 Å². The first-order chi connectivity index (χ1) is 9.58. The summed E-state index contributed by atoms with van der Waals surface area (Å²) >= 11 is 3.00. The quantitative estimate of drug-likeness (QED) is 0.809. The summed E-state index contributed by atoms with van der Waals surface area (Å²) in [5, 5.41) is 11.2. The highest BCUT2D eigenvalue weighted by Gasteiger charge is 2.19. The lowest BCUT2D eigenvalue weighted by molar-refractivity contribution is -0.133. The number of carboxylic acids is 1. The van der Waals surface area contributed by atoms with E-state index in [0.29, 0.717) is 5.56 Å². The molecule has 0 radical (unpaired) electrons. The standard InChI is InChI=1S/C14H15BrFNO4/c1-14(2,3)21-13(20)17-11(12(18)19)7-8-4-5-9(15)10(16)6-8/h4-7H,1-3H3,(H,17,20)(H,18,19)/b11-7-. The maximum atomic E-state index is 13.4. The van der Waals surface area contributed by atoms with Crippen molar-refractivity contribution in [3.63, 3.8) is 0 Å². The van der Waals surface area contributed by atoms with Crippen molar-refractivity contribution in [3.05, 3.63) is 39.7 Å². The van der Waals surface area contributed by atoms with Gasteiger partial charge in [0.15, 0.2) is 0 Å². The number of nitrogens with one attached hydrogen (secondary N) is 1. The summed E-state index contributed by atoms with van der Waals surface area (Å²) in [7, 11) is 0. The van der Waals surface area contributed by atoms with E-state index < -0.39 is 29.2 Å². The molecule has 7 heteroatoms. The van der Waals surface area contributed by atoms with Gasteiger partial charge in [-0.1, -0.05) is 6.07 Å². The number of amides is 1. The first-order valence-corrected chi connectivity index (χ1v) is 6.78. The van der Waals surface area contributed by atoms with Crippen LogP contribution in [0.2, 0.25) is 0 Å². The maximum Gasteiger partial charge on any atom is 0.412 e. The van der Waals surface area contributed by atoms with E-state index in [2.05, 4.69) is 21.2 Å². The maximum absolute atomic E-state index is 13.4. The van der Waals surface area contributed by atoms with Crippen molar-refractivity contribution < 1.29 is 23.8 Å². The van der Waals surface area contributed by atoms with Gasteiger partial charge in [0.05, 0.1) is 4.47 Å². The highest BCUT2D eigenvalue weighted by molar-refractivity contribution is 9.10. The smallest absolute Gasteiger partial charge is 0.412 e. The molecule has 0 fully saturated rings. The Morgan fingerprint density at radius 3 is 2.48 bits per heavy atom. The topological polar surface area (TPSA) is 75.6 Å². The summed E-state index contributed by atoms with van der Waals surface area (Å²) in [5.41, 5.74) is -0.868. The van der Waals surface area contributed by atoms with E-state index in [1.807, 2.05) is 0 Å². The Morgan fingerprint density at radius 1 is 1.38 bits per heavy atom. The van der Waals surface area contributed by atoms with Gasteiger partial charge in [-0.3, -0.25) is 5.32 Å². The molecule has 0 aliphatic carbocycles. The molecule has 5 nitrogen and oxygen atoms in total. The molecule has 0 spiro atoms. The lowest BCUT2D eigenvalue weighted by Gasteiger charge is -2.19. The van der Waals surface area contributed by atoms with E-state index in [1.165, 1.54) is 12.1 Å². The Labute approximate surface area is 129 Å². The largest absolute Gasteiger partial charge is 0.477 e. The van der Waals surface area contributed by atoms with Gasteiger partial charge in [0, 0.05) is 0 Å². The van der Waals surface area contributed by atoms with Crippen LogP contribution in [0.15, 0.2) is 28.4 Å². The second-order valence-corrected chi connectivity index (χ2v) is 6.02. The number of aliphatic carboxylic acids is 1. The molecule has 2 N–H and O–H groups in total. The summed E-state index contributed by atoms with van der Waals surface area (Å²) in [6, 6.07) is 4.09. The van der Waals surface area contributed by atoms with Crippen LogP contribution in [0.1, 0.15) is 26.3 Å². The number of carbonyl (C=O) groups is 2. The predicted molar refractivity (Wildman–Crippen MR) is 79.1 cm³/mol. The van der Waals surface area contributed by atoms with E-state index in [0.717, 1.165) is 12.1 Å². The number of rotatable bonds is 3. The number of benzene rings is 1. The average molecular weight is 360 g/mol. The lowest BCUT2D eigenvalue weighted by atomic mass is 10.2. The third-order valence-corrected chi connectivity index (χ3v) is 2.76. The molecule has 21 heavy (non-hydrogen) atoms. The normalized spacial score (nSPS) is 12.0. The van der Waals surface area contributed by atoms with Gasteiger partial charge in [-0.25, -0.2) is 14.0 Å². The number of hydrogen-bond donors (Lipinski definition) is 2. The average Bonchev–Trinajstić information content (AvgIpc) is 2.30. The number of carboxylic acid groups (broad SMARTS) is 1. The Balaban J connectivity index is 2.96. The number of hydrogen-bond acceptors (Lipinski definition) is 3. The van der Waals surface area contributed by atoms with Crippen molar-refractivity contribution in [2.75, 3.05) is 0 Å². The Bertz CT molecular complexity index is 593. The summed E-state index contributed by atoms with van der Waals surface area (Å²) in [4.78, 5) is 22.7. The van der Waals surface area contributed by atoms with Crippen LogP contribution in [-0.2, 0) is 9.53 Å². The molecule has 0 saturated heterocycles. The SMILES string of the molecule is CC(C)(C)OC(=O)N/C(=C\c1ccc(Br)c(F)c1)C(=O)O. The van der Waals surface area contributed by atoms with Gasteiger partial charge in [-0.2, -0.15) is 0 Å². The summed E-state index contributed by atoms with van der Waals surface area (Å²) in [5.74, 6) is -1.89. The van der Waals surface area contributed by atoms with Gasteiger partial charge in [-0.15, -0.1) is 0 Å². The van der Waals surface area contributed by atoms with E-state index in [9.17, 15) is 14.0 Å². The molecule has 114 valence electrons. The van der Waals surface area contributed by atoms with E-state index in [-0.39, 0.29) is 4.47 Å². The van der Waals surface area contributed by atoms with Crippen molar-refractivity contribution >= 4 is 34.1 Å². The zero-order valence-electron chi connectivity index (χ0n) is 11.7. The summed E-state index contributed by atoms with van der Waals surface area (Å²) in [6.07, 6.45) is 0.246. The van der Waals surface area contributed by atoms with Crippen LogP contribution in [0.25, 0.3) is 6.08 Å². The molecule has 0 unspecified atom stereocenters. The van der Waals surface area contributed by atoms with Gasteiger partial charge in [0.1, 0.15) is 17.1 Å². The number of halogens is 2. The molecule has 0 aromatic heterocycles. The minimum absolute atomic E-state index is 0.261. The highest BCUT2D eigenvalue weighted by atomic mass is 79.9. The van der Waals surface area contributed by atoms with E-state index >= 15 is 0 Å². The fraction of sp³-hybridized carbons (Fsp3) is 0.286. The van der Waals surface area contributed by atoms with Crippen LogP contribution in [0.5, 0.6) is 0 Å². The fourth-order valence-electron chi connectivity index (χ4n) is 1.33. The van der Waals surface area contributed by atoms with Crippen molar-refractivity contribution in [2.24, 2.45) is 0 Å². The first-order valence-electron chi connectivity index (χ1n) is 5.98. The molecule has 1 aromatic carbocycles. The molecule has 0 aliphatic heterocycles. The monoisotopic (exact) mass is 359 g/mol. The second-order valence-electron chi connectivity index (χ2n) is 5.16. The zero-order valence-corrected chi connectivity index (χ0v) is 13.3. The molecule has 0 heterocycles. The Morgan fingerprint density at radius 2 is 2.00 bits per heavy atom. The van der Waals surface area contributed by atoms with Gasteiger partial charge >= 0.3 is 12.1 Å². The van der Waals surface area contributed by atoms with Crippen molar-refractivity contribution in [1.29, 1.82) is 0 Å². The van der Waals surface area contributed by atoms with Crippen LogP contribution in [0.3, 0.4) is 0 Å². The predicted octanol–water partition coefficient (Wildman–Crippen LogP) is 3.54. The van der Waals surface area contributed by atoms with Crippen LogP contribution in [-0.4, -0.2) is 22.8 Å². The fourth-order valence-corrected chi connectivity index (χ4v) is 1.58. The molecule has 0 aliphatic rings. The summed E-state index contributed by atoms with van der Waals surface area (Å²) < 4.78 is 18.6. The number of alkyl carbamates (subject to hydrolysis) is 1. The molecule has 0 saturated carbocycles. The van der Waals surface area contributed by atoms with Gasteiger partial charge in [0.2, 0.25) is 0 Å². The lowest BCUT2D eigenvalue weighted by Crippen LogP contribution is -2.34. The molecule has 1 amide bonds.